The first-order chi connectivity index (χ1) is 9.99. The summed E-state index contributed by atoms with van der Waals surface area (Å²) in [6.45, 7) is 0. The number of carbonyl (C=O) groups is 1. The van der Waals surface area contributed by atoms with Gasteiger partial charge in [0.2, 0.25) is 0 Å². The predicted octanol–water partition coefficient (Wildman–Crippen LogP) is 4.04. The molecule has 2 rings (SSSR count). The van der Waals surface area contributed by atoms with Crippen molar-refractivity contribution in [3.63, 3.8) is 0 Å². The van der Waals surface area contributed by atoms with Crippen LogP contribution in [0.1, 0.15) is 10.5 Å². The molecule has 0 saturated carbocycles. The van der Waals surface area contributed by atoms with Gasteiger partial charge in [0.15, 0.2) is 11.5 Å². The minimum absolute atomic E-state index is 0.0999. The summed E-state index contributed by atoms with van der Waals surface area (Å²) < 4.78 is 5.13. The molecule has 0 aliphatic heterocycles. The van der Waals surface area contributed by atoms with Crippen LogP contribution in [0.15, 0.2) is 22.7 Å². The van der Waals surface area contributed by atoms with E-state index in [4.69, 9.17) is 27.9 Å². The summed E-state index contributed by atoms with van der Waals surface area (Å²) in [6.07, 6.45) is 0. The van der Waals surface area contributed by atoms with Gasteiger partial charge in [-0.15, -0.1) is 0 Å². The van der Waals surface area contributed by atoms with Crippen LogP contribution in [-0.4, -0.2) is 30.1 Å². The third kappa shape index (κ3) is 3.12. The summed E-state index contributed by atoms with van der Waals surface area (Å²) in [6, 6.07) is 5.11. The number of carbonyl (C=O) groups excluding carboxylic acids is 1. The Kier molecular flexibility index (Phi) is 5.03. The number of aromatic nitrogens is 2. The standard InChI is InChI=1S/C13H10BrCl2N3O2/c1-17-12-8(14)10(13(20)21-2)18-11(19-12)6-4-3-5-7(15)9(6)16/h3-5H,1-2H3,(H,17,18,19). The Morgan fingerprint density at radius 1 is 1.33 bits per heavy atom. The van der Waals surface area contributed by atoms with E-state index in [0.717, 1.165) is 0 Å². The van der Waals surface area contributed by atoms with Gasteiger partial charge in [0.25, 0.3) is 0 Å². The van der Waals surface area contributed by atoms with Crippen molar-refractivity contribution in [2.24, 2.45) is 0 Å². The molecule has 0 saturated heterocycles. The van der Waals surface area contributed by atoms with Crippen molar-refractivity contribution in [1.29, 1.82) is 0 Å². The molecule has 0 spiro atoms. The highest BCUT2D eigenvalue weighted by Crippen LogP contribution is 2.34. The third-order valence-corrected chi connectivity index (χ3v) is 4.23. The van der Waals surface area contributed by atoms with Crippen LogP contribution in [0.3, 0.4) is 0 Å². The zero-order chi connectivity index (χ0) is 15.6. The number of methoxy groups -OCH3 is 1. The predicted molar refractivity (Wildman–Crippen MR) is 86.1 cm³/mol. The van der Waals surface area contributed by atoms with E-state index in [0.29, 0.717) is 25.9 Å². The normalized spacial score (nSPS) is 10.3. The number of esters is 1. The molecular weight excluding hydrogens is 381 g/mol. The van der Waals surface area contributed by atoms with Crippen molar-refractivity contribution in [1.82, 2.24) is 9.97 Å². The maximum absolute atomic E-state index is 11.8. The van der Waals surface area contributed by atoms with Crippen molar-refractivity contribution < 1.29 is 9.53 Å². The topological polar surface area (TPSA) is 64.1 Å². The van der Waals surface area contributed by atoms with Crippen LogP contribution >= 0.6 is 39.1 Å². The molecule has 2 aromatic rings. The first-order valence-electron chi connectivity index (χ1n) is 5.77. The quantitative estimate of drug-likeness (QED) is 0.801. The van der Waals surface area contributed by atoms with Gasteiger partial charge in [0.05, 0.1) is 21.6 Å². The molecule has 110 valence electrons. The monoisotopic (exact) mass is 389 g/mol. The molecule has 21 heavy (non-hydrogen) atoms. The van der Waals surface area contributed by atoms with Crippen molar-refractivity contribution in [3.05, 3.63) is 38.4 Å². The van der Waals surface area contributed by atoms with Gasteiger partial charge in [-0.3, -0.25) is 0 Å². The number of benzene rings is 1. The maximum atomic E-state index is 11.8. The number of anilines is 1. The van der Waals surface area contributed by atoms with Gasteiger partial charge < -0.3 is 10.1 Å². The van der Waals surface area contributed by atoms with Crippen LogP contribution in [0.2, 0.25) is 10.0 Å². The molecule has 1 N–H and O–H groups in total. The summed E-state index contributed by atoms with van der Waals surface area (Å²) >= 11 is 15.4. The molecule has 5 nitrogen and oxygen atoms in total. The second kappa shape index (κ2) is 6.60. The molecular formula is C13H10BrCl2N3O2. The molecule has 1 aromatic carbocycles. The third-order valence-electron chi connectivity index (χ3n) is 2.66. The van der Waals surface area contributed by atoms with E-state index in [2.05, 4.69) is 31.2 Å². The summed E-state index contributed by atoms with van der Waals surface area (Å²) in [5, 5.41) is 3.58. The Bertz CT molecular complexity index is 710. The highest BCUT2D eigenvalue weighted by molar-refractivity contribution is 9.10. The van der Waals surface area contributed by atoms with E-state index in [9.17, 15) is 4.79 Å². The van der Waals surface area contributed by atoms with Gasteiger partial charge in [-0.1, -0.05) is 29.3 Å². The second-order valence-corrected chi connectivity index (χ2v) is 5.48. The van der Waals surface area contributed by atoms with E-state index < -0.39 is 5.97 Å². The Morgan fingerprint density at radius 2 is 2.05 bits per heavy atom. The second-order valence-electron chi connectivity index (χ2n) is 3.90. The van der Waals surface area contributed by atoms with E-state index in [1.807, 2.05) is 0 Å². The summed E-state index contributed by atoms with van der Waals surface area (Å²) in [7, 11) is 2.96. The number of halogens is 3. The summed E-state index contributed by atoms with van der Waals surface area (Å²) in [4.78, 5) is 20.3. The summed E-state index contributed by atoms with van der Waals surface area (Å²) in [5.74, 6) is 0.132. The van der Waals surface area contributed by atoms with Crippen LogP contribution < -0.4 is 5.32 Å². The number of nitrogens with one attached hydrogen (secondary N) is 1. The van der Waals surface area contributed by atoms with Gasteiger partial charge in [-0.05, 0) is 28.1 Å². The molecule has 1 heterocycles. The fourth-order valence-corrected chi connectivity index (χ4v) is 2.56. The highest BCUT2D eigenvalue weighted by atomic mass is 79.9. The van der Waals surface area contributed by atoms with Crippen LogP contribution in [0.4, 0.5) is 5.82 Å². The van der Waals surface area contributed by atoms with E-state index in [1.54, 1.807) is 25.2 Å². The Morgan fingerprint density at radius 3 is 2.67 bits per heavy atom. The minimum atomic E-state index is -0.583. The van der Waals surface area contributed by atoms with Crippen molar-refractivity contribution >= 4 is 50.9 Å². The van der Waals surface area contributed by atoms with Gasteiger partial charge >= 0.3 is 5.97 Å². The van der Waals surface area contributed by atoms with Gasteiger partial charge in [-0.25, -0.2) is 14.8 Å². The molecule has 1 aromatic heterocycles. The van der Waals surface area contributed by atoms with Crippen molar-refractivity contribution in [2.75, 3.05) is 19.5 Å². The molecule has 0 radical (unpaired) electrons. The number of hydrogen-bond donors (Lipinski definition) is 1. The number of nitrogens with zero attached hydrogens (tertiary/aromatic N) is 2. The van der Waals surface area contributed by atoms with E-state index in [1.165, 1.54) is 7.11 Å². The maximum Gasteiger partial charge on any atom is 0.358 e. The Balaban J connectivity index is 2.70. The average Bonchev–Trinajstić information content (AvgIpc) is 2.49. The van der Waals surface area contributed by atoms with Crippen LogP contribution in [-0.2, 0) is 4.74 Å². The zero-order valence-corrected chi connectivity index (χ0v) is 14.2. The zero-order valence-electron chi connectivity index (χ0n) is 11.1. The van der Waals surface area contributed by atoms with Gasteiger partial charge in [-0.2, -0.15) is 0 Å². The minimum Gasteiger partial charge on any atom is -0.464 e. The molecule has 0 bridgehead atoms. The van der Waals surface area contributed by atoms with Crippen molar-refractivity contribution in [3.8, 4) is 11.4 Å². The van der Waals surface area contributed by atoms with Crippen LogP contribution in [0.25, 0.3) is 11.4 Å². The van der Waals surface area contributed by atoms with E-state index >= 15 is 0 Å². The average molecular weight is 391 g/mol. The lowest BCUT2D eigenvalue weighted by atomic mass is 10.2. The molecule has 0 amide bonds. The lowest BCUT2D eigenvalue weighted by Crippen LogP contribution is -2.10. The highest BCUT2D eigenvalue weighted by Gasteiger charge is 2.20. The first-order valence-corrected chi connectivity index (χ1v) is 7.32. The molecule has 0 aliphatic rings. The lowest BCUT2D eigenvalue weighted by molar-refractivity contribution is 0.0593. The fraction of sp³-hybridized carbons (Fsp3) is 0.154. The van der Waals surface area contributed by atoms with Gasteiger partial charge in [0, 0.05) is 12.6 Å². The smallest absolute Gasteiger partial charge is 0.358 e. The van der Waals surface area contributed by atoms with Crippen LogP contribution in [0.5, 0.6) is 0 Å². The largest absolute Gasteiger partial charge is 0.464 e. The fourth-order valence-electron chi connectivity index (χ4n) is 1.64. The Labute approximate surface area is 139 Å². The molecule has 0 fully saturated rings. The SMILES string of the molecule is CNc1nc(-c2cccc(Cl)c2Cl)nc(C(=O)OC)c1Br. The van der Waals surface area contributed by atoms with E-state index in [-0.39, 0.29) is 11.5 Å². The lowest BCUT2D eigenvalue weighted by Gasteiger charge is -2.11. The molecule has 0 aliphatic carbocycles. The molecule has 8 heteroatoms. The van der Waals surface area contributed by atoms with Crippen molar-refractivity contribution in [2.45, 2.75) is 0 Å². The molecule has 0 atom stereocenters. The first kappa shape index (κ1) is 16.0. The Hall–Kier alpha value is -1.37. The number of ether oxygens (including phenoxy) is 1. The van der Waals surface area contributed by atoms with Gasteiger partial charge in [0.1, 0.15) is 5.82 Å². The number of hydrogen-bond acceptors (Lipinski definition) is 5. The van der Waals surface area contributed by atoms with Crippen LogP contribution in [0, 0.1) is 0 Å². The summed E-state index contributed by atoms with van der Waals surface area (Å²) in [5.41, 5.74) is 0.626. The molecule has 0 unspecified atom stereocenters. The number of rotatable bonds is 3.